The highest BCUT2D eigenvalue weighted by atomic mass is 16.5. The summed E-state index contributed by atoms with van der Waals surface area (Å²) >= 11 is 0. The first-order valence-corrected chi connectivity index (χ1v) is 10.2. The van der Waals surface area contributed by atoms with Crippen molar-refractivity contribution >= 4 is 22.7 Å². The molecule has 1 aromatic carbocycles. The second-order valence-corrected chi connectivity index (χ2v) is 8.02. The van der Waals surface area contributed by atoms with Crippen LogP contribution in [0.2, 0.25) is 0 Å². The van der Waals surface area contributed by atoms with Gasteiger partial charge in [-0.2, -0.15) is 0 Å². The van der Waals surface area contributed by atoms with Gasteiger partial charge in [0.15, 0.2) is 5.72 Å². The molecule has 2 amide bonds. The molecular formula is C23H20N4O3. The molecule has 3 saturated heterocycles. The molecule has 1 spiro atoms. The summed E-state index contributed by atoms with van der Waals surface area (Å²) in [5.41, 5.74) is 2.38. The van der Waals surface area contributed by atoms with E-state index >= 15 is 0 Å². The predicted molar refractivity (Wildman–Crippen MR) is 109 cm³/mol. The average Bonchev–Trinajstić information content (AvgIpc) is 3.44. The summed E-state index contributed by atoms with van der Waals surface area (Å²) in [5.74, 6) is 0.00277. The summed E-state index contributed by atoms with van der Waals surface area (Å²) in [5, 5.41) is 0.815. The van der Waals surface area contributed by atoms with Crippen molar-refractivity contribution < 1.29 is 14.3 Å². The molecule has 30 heavy (non-hydrogen) atoms. The van der Waals surface area contributed by atoms with Gasteiger partial charge in [-0.3, -0.25) is 14.6 Å². The molecule has 6 rings (SSSR count). The normalized spacial score (nSPS) is 25.1. The molecule has 150 valence electrons. The Morgan fingerprint density at radius 2 is 1.97 bits per heavy atom. The first kappa shape index (κ1) is 17.5. The van der Waals surface area contributed by atoms with E-state index in [2.05, 4.69) is 4.98 Å². The van der Waals surface area contributed by atoms with Crippen LogP contribution in [-0.4, -0.2) is 63.0 Å². The number of hydrogen-bond acceptors (Lipinski definition) is 5. The number of para-hydroxylation sites is 1. The van der Waals surface area contributed by atoms with E-state index in [1.807, 2.05) is 52.3 Å². The van der Waals surface area contributed by atoms with Crippen LogP contribution in [0.15, 0.2) is 54.9 Å². The summed E-state index contributed by atoms with van der Waals surface area (Å²) in [7, 11) is 0. The summed E-state index contributed by atoms with van der Waals surface area (Å²) in [6.45, 7) is 1.73. The minimum Gasteiger partial charge on any atom is -0.351 e. The van der Waals surface area contributed by atoms with Gasteiger partial charge in [-0.25, -0.2) is 4.98 Å². The van der Waals surface area contributed by atoms with Crippen LogP contribution in [0.3, 0.4) is 0 Å². The third-order valence-electron chi connectivity index (χ3n) is 6.58. The van der Waals surface area contributed by atoms with Gasteiger partial charge in [0, 0.05) is 42.9 Å². The monoisotopic (exact) mass is 400 g/mol. The lowest BCUT2D eigenvalue weighted by Gasteiger charge is -2.31. The van der Waals surface area contributed by atoms with E-state index in [1.165, 1.54) is 0 Å². The molecule has 0 saturated carbocycles. The van der Waals surface area contributed by atoms with Crippen molar-refractivity contribution in [2.75, 3.05) is 19.7 Å². The molecule has 2 aromatic heterocycles. The van der Waals surface area contributed by atoms with Crippen molar-refractivity contribution in [3.05, 3.63) is 60.4 Å². The summed E-state index contributed by atoms with van der Waals surface area (Å²) < 4.78 is 6.05. The Balaban J connectivity index is 1.45. The molecule has 3 fully saturated rings. The lowest BCUT2D eigenvalue weighted by Crippen LogP contribution is -2.48. The molecule has 5 heterocycles. The van der Waals surface area contributed by atoms with E-state index in [0.717, 1.165) is 22.2 Å². The van der Waals surface area contributed by atoms with E-state index in [9.17, 15) is 9.59 Å². The quantitative estimate of drug-likeness (QED) is 0.661. The Hall–Kier alpha value is -3.32. The molecule has 3 aliphatic rings. The zero-order chi connectivity index (χ0) is 20.3. The van der Waals surface area contributed by atoms with Crippen LogP contribution in [0, 0.1) is 0 Å². The maximum absolute atomic E-state index is 13.8. The number of ether oxygens (including phenoxy) is 1. The average molecular weight is 400 g/mol. The van der Waals surface area contributed by atoms with Crippen LogP contribution in [-0.2, 0) is 9.53 Å². The van der Waals surface area contributed by atoms with Crippen LogP contribution in [0.4, 0.5) is 0 Å². The predicted octanol–water partition coefficient (Wildman–Crippen LogP) is 2.47. The first-order chi connectivity index (χ1) is 14.7. The van der Waals surface area contributed by atoms with Crippen LogP contribution in [0.5, 0.6) is 0 Å². The number of hydrogen-bond donors (Lipinski definition) is 0. The Bertz CT molecular complexity index is 1180. The highest BCUT2D eigenvalue weighted by Crippen LogP contribution is 2.46. The summed E-state index contributed by atoms with van der Waals surface area (Å²) in [4.78, 5) is 38.8. The molecule has 0 bridgehead atoms. The van der Waals surface area contributed by atoms with Crippen molar-refractivity contribution in [3.8, 4) is 11.3 Å². The number of carbonyl (C=O) groups is 2. The fraction of sp³-hybridized carbons (Fsp3) is 0.304. The van der Waals surface area contributed by atoms with Crippen molar-refractivity contribution in [3.63, 3.8) is 0 Å². The Labute approximate surface area is 173 Å². The summed E-state index contributed by atoms with van der Waals surface area (Å²) in [6, 6.07) is 13.1. The largest absolute Gasteiger partial charge is 0.351 e. The van der Waals surface area contributed by atoms with Gasteiger partial charge in [0.2, 0.25) is 5.91 Å². The second-order valence-electron chi connectivity index (χ2n) is 8.02. The standard InChI is InChI=1S/C23H20N4O3/c28-21-14-20-23(27(21)11-12-30-23)7-10-26(20)22(29)17-13-19(15-5-8-24-9-6-15)25-18-4-2-1-3-16(17)18/h1-6,8-9,13,20H,7,10-12,14H2/t20-,23+/m1/s1. The molecular weight excluding hydrogens is 380 g/mol. The van der Waals surface area contributed by atoms with Crippen molar-refractivity contribution in [2.45, 2.75) is 24.6 Å². The van der Waals surface area contributed by atoms with Gasteiger partial charge < -0.3 is 14.5 Å². The highest BCUT2D eigenvalue weighted by Gasteiger charge is 2.62. The van der Waals surface area contributed by atoms with Crippen molar-refractivity contribution in [1.29, 1.82) is 0 Å². The molecule has 7 nitrogen and oxygen atoms in total. The topological polar surface area (TPSA) is 75.6 Å². The van der Waals surface area contributed by atoms with Crippen LogP contribution in [0.25, 0.3) is 22.2 Å². The third-order valence-corrected chi connectivity index (χ3v) is 6.58. The van der Waals surface area contributed by atoms with E-state index in [4.69, 9.17) is 9.72 Å². The number of nitrogens with zero attached hydrogens (tertiary/aromatic N) is 4. The number of carbonyl (C=O) groups excluding carboxylic acids is 2. The van der Waals surface area contributed by atoms with E-state index in [-0.39, 0.29) is 17.9 Å². The van der Waals surface area contributed by atoms with Gasteiger partial charge in [0.05, 0.1) is 35.8 Å². The number of rotatable bonds is 2. The summed E-state index contributed by atoms with van der Waals surface area (Å²) in [6.07, 6.45) is 4.42. The van der Waals surface area contributed by atoms with Gasteiger partial charge in [-0.1, -0.05) is 18.2 Å². The lowest BCUT2D eigenvalue weighted by molar-refractivity contribution is -0.136. The lowest BCUT2D eigenvalue weighted by atomic mass is 10.0. The number of fused-ring (bicyclic) bond motifs is 1. The Morgan fingerprint density at radius 1 is 1.13 bits per heavy atom. The maximum Gasteiger partial charge on any atom is 0.255 e. The SMILES string of the molecule is O=C(c1cc(-c2ccncc2)nc2ccccc12)N1CC[C@@]23OCCN2C(=O)C[C@@H]13. The van der Waals surface area contributed by atoms with Gasteiger partial charge in [0.1, 0.15) is 0 Å². The minimum absolute atomic E-state index is 0.0732. The van der Waals surface area contributed by atoms with Crippen LogP contribution < -0.4 is 0 Å². The molecule has 0 aliphatic carbocycles. The molecule has 3 aliphatic heterocycles. The first-order valence-electron chi connectivity index (χ1n) is 10.2. The Morgan fingerprint density at radius 3 is 2.83 bits per heavy atom. The van der Waals surface area contributed by atoms with Crippen molar-refractivity contribution in [2.24, 2.45) is 0 Å². The molecule has 2 atom stereocenters. The highest BCUT2D eigenvalue weighted by molar-refractivity contribution is 6.07. The zero-order valence-electron chi connectivity index (χ0n) is 16.3. The molecule has 3 aromatic rings. The fourth-order valence-electron chi connectivity index (χ4n) is 5.21. The molecule has 0 unspecified atom stereocenters. The number of likely N-dealkylation sites (tertiary alicyclic amines) is 1. The minimum atomic E-state index is -0.635. The Kier molecular flexibility index (Phi) is 3.70. The van der Waals surface area contributed by atoms with Crippen molar-refractivity contribution in [1.82, 2.24) is 19.8 Å². The second kappa shape index (κ2) is 6.34. The molecule has 0 radical (unpaired) electrons. The third kappa shape index (κ3) is 2.35. The maximum atomic E-state index is 13.8. The van der Waals surface area contributed by atoms with E-state index in [0.29, 0.717) is 38.1 Å². The molecule has 0 N–H and O–H groups in total. The van der Waals surface area contributed by atoms with Gasteiger partial charge >= 0.3 is 0 Å². The molecule has 7 heteroatoms. The number of pyridine rings is 2. The zero-order valence-corrected chi connectivity index (χ0v) is 16.3. The smallest absolute Gasteiger partial charge is 0.255 e. The van der Waals surface area contributed by atoms with E-state index in [1.54, 1.807) is 12.4 Å². The fourth-order valence-corrected chi connectivity index (χ4v) is 5.21. The van der Waals surface area contributed by atoms with E-state index < -0.39 is 5.72 Å². The van der Waals surface area contributed by atoms with Gasteiger partial charge in [-0.15, -0.1) is 0 Å². The van der Waals surface area contributed by atoms with Crippen LogP contribution >= 0.6 is 0 Å². The number of amides is 2. The van der Waals surface area contributed by atoms with Crippen LogP contribution in [0.1, 0.15) is 23.2 Å². The number of benzene rings is 1. The van der Waals surface area contributed by atoms with Gasteiger partial charge in [-0.05, 0) is 24.3 Å². The van der Waals surface area contributed by atoms with Gasteiger partial charge in [0.25, 0.3) is 5.91 Å². The number of aromatic nitrogens is 2.